The Morgan fingerprint density at radius 2 is 1.67 bits per heavy atom. The predicted octanol–water partition coefficient (Wildman–Crippen LogP) is 5.06. The van der Waals surface area contributed by atoms with Crippen LogP contribution in [0.2, 0.25) is 0 Å². The van der Waals surface area contributed by atoms with E-state index in [2.05, 4.69) is 81.3 Å². The van der Waals surface area contributed by atoms with Crippen LogP contribution in [0.1, 0.15) is 59.2 Å². The minimum Gasteiger partial charge on any atom is -0.323 e. The Morgan fingerprint density at radius 1 is 1.08 bits per heavy atom. The molecule has 1 heterocycles. The van der Waals surface area contributed by atoms with Crippen LogP contribution in [0.15, 0.2) is 24.3 Å². The molecular formula is C20H29N3O. The van der Waals surface area contributed by atoms with Crippen molar-refractivity contribution in [2.75, 3.05) is 5.32 Å². The number of carbonyl (C=O) groups is 1. The Kier molecular flexibility index (Phi) is 4.88. The topological polar surface area (TPSA) is 57.8 Å². The van der Waals surface area contributed by atoms with E-state index in [0.29, 0.717) is 6.42 Å². The van der Waals surface area contributed by atoms with Crippen molar-refractivity contribution in [1.82, 2.24) is 10.2 Å². The lowest BCUT2D eigenvalue weighted by atomic mass is 9.86. The molecule has 2 aromatic rings. The summed E-state index contributed by atoms with van der Waals surface area (Å²) in [6, 6.07) is 8.38. The molecule has 4 heteroatoms. The molecular weight excluding hydrogens is 298 g/mol. The van der Waals surface area contributed by atoms with Crippen LogP contribution in [0.25, 0.3) is 11.3 Å². The summed E-state index contributed by atoms with van der Waals surface area (Å²) < 4.78 is 0. The number of aromatic nitrogens is 2. The van der Waals surface area contributed by atoms with E-state index in [4.69, 9.17) is 0 Å². The van der Waals surface area contributed by atoms with E-state index in [1.54, 1.807) is 0 Å². The lowest BCUT2D eigenvalue weighted by Gasteiger charge is -2.19. The quantitative estimate of drug-likeness (QED) is 0.828. The number of hydrogen-bond donors (Lipinski definition) is 2. The molecule has 24 heavy (non-hydrogen) atoms. The number of benzene rings is 1. The van der Waals surface area contributed by atoms with Crippen molar-refractivity contribution in [3.05, 3.63) is 35.5 Å². The number of amides is 1. The Morgan fingerprint density at radius 3 is 2.17 bits per heavy atom. The summed E-state index contributed by atoms with van der Waals surface area (Å²) in [7, 11) is 0. The van der Waals surface area contributed by atoms with Gasteiger partial charge in [-0.2, -0.15) is 5.10 Å². The number of anilines is 1. The zero-order chi connectivity index (χ0) is 18.1. The number of nitrogens with one attached hydrogen (secondary N) is 2. The van der Waals surface area contributed by atoms with Crippen molar-refractivity contribution >= 4 is 11.6 Å². The van der Waals surface area contributed by atoms with Gasteiger partial charge in [-0.3, -0.25) is 9.89 Å². The smallest absolute Gasteiger partial charge is 0.225 e. The van der Waals surface area contributed by atoms with E-state index in [-0.39, 0.29) is 16.7 Å². The van der Waals surface area contributed by atoms with Gasteiger partial charge in [-0.25, -0.2) is 0 Å². The summed E-state index contributed by atoms with van der Waals surface area (Å²) in [6.45, 7) is 14.7. The zero-order valence-electron chi connectivity index (χ0n) is 15.9. The summed E-state index contributed by atoms with van der Waals surface area (Å²) in [5.41, 5.74) is 4.77. The standard InChI is InChI=1S/C20H29N3O/c1-13-17(21-16(24)12-19(2,3)4)18(23-22-13)14-8-10-15(11-9-14)20(5,6)7/h8-11H,12H2,1-7H3,(H,21,24)(H,22,23). The summed E-state index contributed by atoms with van der Waals surface area (Å²) in [5, 5.41) is 10.4. The van der Waals surface area contributed by atoms with Gasteiger partial charge in [0.05, 0.1) is 11.4 Å². The second kappa shape index (κ2) is 6.42. The summed E-state index contributed by atoms with van der Waals surface area (Å²) in [6.07, 6.45) is 0.472. The van der Waals surface area contributed by atoms with E-state index in [1.165, 1.54) is 5.56 Å². The van der Waals surface area contributed by atoms with Crippen LogP contribution in [0.5, 0.6) is 0 Å². The van der Waals surface area contributed by atoms with Crippen molar-refractivity contribution in [3.63, 3.8) is 0 Å². The van der Waals surface area contributed by atoms with Crippen molar-refractivity contribution in [1.29, 1.82) is 0 Å². The van der Waals surface area contributed by atoms with Gasteiger partial charge in [0.15, 0.2) is 0 Å². The van der Waals surface area contributed by atoms with Crippen LogP contribution < -0.4 is 5.32 Å². The number of H-pyrrole nitrogens is 1. The van der Waals surface area contributed by atoms with Crippen LogP contribution in [0, 0.1) is 12.3 Å². The Balaban J connectivity index is 2.28. The van der Waals surface area contributed by atoms with Crippen LogP contribution in [0.3, 0.4) is 0 Å². The first-order valence-electron chi connectivity index (χ1n) is 8.43. The van der Waals surface area contributed by atoms with Crippen LogP contribution >= 0.6 is 0 Å². The molecule has 0 fully saturated rings. The van der Waals surface area contributed by atoms with Crippen LogP contribution in [-0.4, -0.2) is 16.1 Å². The summed E-state index contributed by atoms with van der Waals surface area (Å²) in [5.74, 6) is 0.0135. The molecule has 0 aliphatic heterocycles. The SMILES string of the molecule is Cc1[nH]nc(-c2ccc(C(C)(C)C)cc2)c1NC(=O)CC(C)(C)C. The number of hydrogen-bond acceptors (Lipinski definition) is 2. The average molecular weight is 327 g/mol. The summed E-state index contributed by atoms with van der Waals surface area (Å²) >= 11 is 0. The van der Waals surface area contributed by atoms with Crippen molar-refractivity contribution in [3.8, 4) is 11.3 Å². The molecule has 1 aromatic carbocycles. The fraction of sp³-hybridized carbons (Fsp3) is 0.500. The van der Waals surface area contributed by atoms with Gasteiger partial charge in [-0.1, -0.05) is 65.8 Å². The third-order valence-corrected chi connectivity index (χ3v) is 3.93. The monoisotopic (exact) mass is 327 g/mol. The van der Waals surface area contributed by atoms with E-state index in [1.807, 2.05) is 6.92 Å². The third-order valence-electron chi connectivity index (χ3n) is 3.93. The number of aromatic amines is 1. The van der Waals surface area contributed by atoms with Crippen molar-refractivity contribution in [2.24, 2.45) is 5.41 Å². The summed E-state index contributed by atoms with van der Waals surface area (Å²) in [4.78, 5) is 12.3. The molecule has 0 unspecified atom stereocenters. The van der Waals surface area contributed by atoms with Gasteiger partial charge >= 0.3 is 0 Å². The lowest BCUT2D eigenvalue weighted by Crippen LogP contribution is -2.20. The minimum absolute atomic E-state index is 0.0135. The molecule has 0 saturated carbocycles. The molecule has 0 saturated heterocycles. The second-order valence-corrected chi connectivity index (χ2v) is 8.69. The molecule has 0 aliphatic carbocycles. The number of carbonyl (C=O) groups excluding carboxylic acids is 1. The molecule has 2 rings (SSSR count). The van der Waals surface area contributed by atoms with Gasteiger partial charge in [-0.15, -0.1) is 0 Å². The lowest BCUT2D eigenvalue weighted by molar-refractivity contribution is -0.117. The Hall–Kier alpha value is -2.10. The maximum Gasteiger partial charge on any atom is 0.225 e. The highest BCUT2D eigenvalue weighted by Crippen LogP contribution is 2.31. The van der Waals surface area contributed by atoms with Gasteiger partial charge in [0.1, 0.15) is 5.69 Å². The predicted molar refractivity (Wildman–Crippen MR) is 100 cm³/mol. The number of nitrogens with zero attached hydrogens (tertiary/aromatic N) is 1. The third kappa shape index (κ3) is 4.47. The van der Waals surface area contributed by atoms with E-state index >= 15 is 0 Å². The van der Waals surface area contributed by atoms with Gasteiger partial charge in [-0.05, 0) is 23.3 Å². The molecule has 0 atom stereocenters. The maximum absolute atomic E-state index is 12.3. The zero-order valence-corrected chi connectivity index (χ0v) is 15.9. The molecule has 2 N–H and O–H groups in total. The normalized spacial score (nSPS) is 12.3. The largest absolute Gasteiger partial charge is 0.323 e. The van der Waals surface area contributed by atoms with Crippen molar-refractivity contribution in [2.45, 2.75) is 60.3 Å². The minimum atomic E-state index is -0.0454. The van der Waals surface area contributed by atoms with Crippen LogP contribution in [0.4, 0.5) is 5.69 Å². The highest BCUT2D eigenvalue weighted by molar-refractivity contribution is 5.95. The molecule has 1 amide bonds. The molecule has 0 bridgehead atoms. The average Bonchev–Trinajstić information content (AvgIpc) is 2.77. The van der Waals surface area contributed by atoms with Gasteiger partial charge in [0, 0.05) is 12.0 Å². The van der Waals surface area contributed by atoms with Crippen molar-refractivity contribution < 1.29 is 4.79 Å². The highest BCUT2D eigenvalue weighted by atomic mass is 16.1. The Bertz CT molecular complexity index is 713. The van der Waals surface area contributed by atoms with Gasteiger partial charge in [0.2, 0.25) is 5.91 Å². The number of rotatable bonds is 3. The maximum atomic E-state index is 12.3. The highest BCUT2D eigenvalue weighted by Gasteiger charge is 2.20. The number of aryl methyl sites for hydroxylation is 1. The van der Waals surface area contributed by atoms with E-state index in [9.17, 15) is 4.79 Å². The van der Waals surface area contributed by atoms with E-state index in [0.717, 1.165) is 22.6 Å². The molecule has 130 valence electrons. The molecule has 0 radical (unpaired) electrons. The first kappa shape index (κ1) is 18.2. The molecule has 0 spiro atoms. The molecule has 0 aliphatic rings. The second-order valence-electron chi connectivity index (χ2n) is 8.69. The first-order chi connectivity index (χ1) is 11.0. The van der Waals surface area contributed by atoms with Gasteiger partial charge in [0.25, 0.3) is 0 Å². The first-order valence-corrected chi connectivity index (χ1v) is 8.43. The molecule has 4 nitrogen and oxygen atoms in total. The Labute approximate surface area is 145 Å². The fourth-order valence-corrected chi connectivity index (χ4v) is 2.58. The molecule has 1 aromatic heterocycles. The van der Waals surface area contributed by atoms with E-state index < -0.39 is 0 Å². The fourth-order valence-electron chi connectivity index (χ4n) is 2.58. The van der Waals surface area contributed by atoms with Crippen LogP contribution in [-0.2, 0) is 10.2 Å². The van der Waals surface area contributed by atoms with Gasteiger partial charge < -0.3 is 5.32 Å².